The van der Waals surface area contributed by atoms with Crippen LogP contribution in [0, 0.1) is 6.92 Å². The Balaban J connectivity index is 2.06. The first-order valence-electron chi connectivity index (χ1n) is 6.22. The molecule has 1 fully saturated rings. The molecule has 0 bridgehead atoms. The van der Waals surface area contributed by atoms with Gasteiger partial charge in [0.25, 0.3) is 0 Å². The number of ether oxygens (including phenoxy) is 1. The third kappa shape index (κ3) is 1.93. The zero-order valence-corrected chi connectivity index (χ0v) is 10.7. The van der Waals surface area contributed by atoms with Gasteiger partial charge in [0.15, 0.2) is 6.23 Å². The Morgan fingerprint density at radius 1 is 1.45 bits per heavy atom. The van der Waals surface area contributed by atoms with Crippen LogP contribution in [0.3, 0.4) is 0 Å². The lowest BCUT2D eigenvalue weighted by Gasteiger charge is -2.16. The number of aryl methyl sites for hydroxylation is 1. The molecule has 1 saturated heterocycles. The average Bonchev–Trinajstić information content (AvgIpc) is 2.89. The van der Waals surface area contributed by atoms with Crippen LogP contribution in [-0.4, -0.2) is 54.8 Å². The molecule has 108 valence electrons. The van der Waals surface area contributed by atoms with Crippen molar-refractivity contribution in [1.82, 2.24) is 14.5 Å². The van der Waals surface area contributed by atoms with E-state index in [2.05, 4.69) is 9.97 Å². The highest BCUT2D eigenvalue weighted by molar-refractivity contribution is 5.75. The Hall–Kier alpha value is -1.74. The molecular formula is C12H15N3O5. The quantitative estimate of drug-likeness (QED) is 0.540. The summed E-state index contributed by atoms with van der Waals surface area (Å²) >= 11 is 0. The molecule has 0 aliphatic carbocycles. The van der Waals surface area contributed by atoms with Crippen molar-refractivity contribution in [2.75, 3.05) is 6.61 Å². The van der Waals surface area contributed by atoms with Gasteiger partial charge in [0, 0.05) is 17.3 Å². The largest absolute Gasteiger partial charge is 0.394 e. The van der Waals surface area contributed by atoms with Crippen molar-refractivity contribution in [2.45, 2.75) is 31.5 Å². The fourth-order valence-corrected chi connectivity index (χ4v) is 2.44. The smallest absolute Gasteiger partial charge is 0.351 e. The fraction of sp³-hybridized carbons (Fsp3) is 0.500. The average molecular weight is 281 g/mol. The second-order valence-electron chi connectivity index (χ2n) is 4.92. The molecule has 0 spiro atoms. The van der Waals surface area contributed by atoms with E-state index in [0.29, 0.717) is 11.0 Å². The Bertz CT molecular complexity index is 694. The number of rotatable bonds is 2. The van der Waals surface area contributed by atoms with E-state index in [1.165, 1.54) is 6.20 Å². The third-order valence-electron chi connectivity index (χ3n) is 3.46. The molecule has 1 aliphatic rings. The van der Waals surface area contributed by atoms with Crippen molar-refractivity contribution in [3.8, 4) is 0 Å². The number of nitrogens with zero attached hydrogens (tertiary/aromatic N) is 2. The first-order chi connectivity index (χ1) is 9.51. The monoisotopic (exact) mass is 281 g/mol. The molecule has 2 aromatic heterocycles. The van der Waals surface area contributed by atoms with E-state index in [-0.39, 0.29) is 0 Å². The van der Waals surface area contributed by atoms with Gasteiger partial charge in [-0.15, -0.1) is 0 Å². The van der Waals surface area contributed by atoms with Gasteiger partial charge in [-0.05, 0) is 13.0 Å². The number of aliphatic hydroxyl groups is 3. The third-order valence-corrected chi connectivity index (χ3v) is 3.46. The molecule has 8 heteroatoms. The van der Waals surface area contributed by atoms with E-state index in [1.807, 2.05) is 6.92 Å². The second-order valence-corrected chi connectivity index (χ2v) is 4.92. The van der Waals surface area contributed by atoms with Crippen molar-refractivity contribution >= 4 is 11.0 Å². The van der Waals surface area contributed by atoms with Crippen LogP contribution in [0.15, 0.2) is 17.1 Å². The van der Waals surface area contributed by atoms with Crippen molar-refractivity contribution < 1.29 is 20.1 Å². The molecule has 0 aromatic carbocycles. The maximum absolute atomic E-state index is 12.0. The number of hydrogen-bond donors (Lipinski definition) is 4. The Morgan fingerprint density at radius 2 is 2.20 bits per heavy atom. The Morgan fingerprint density at radius 3 is 2.85 bits per heavy atom. The molecular weight excluding hydrogens is 266 g/mol. The maximum Gasteiger partial charge on any atom is 0.351 e. The van der Waals surface area contributed by atoms with E-state index in [4.69, 9.17) is 9.84 Å². The number of fused-ring (bicyclic) bond motifs is 1. The zero-order chi connectivity index (χ0) is 14.4. The van der Waals surface area contributed by atoms with Crippen LogP contribution in [-0.2, 0) is 4.74 Å². The van der Waals surface area contributed by atoms with Gasteiger partial charge >= 0.3 is 5.69 Å². The SMILES string of the molecule is Cc1cc2cn([C@@H]3O[C@H](CO)C(O)[C@@H]3O)c(=O)nc2[nH]1. The second kappa shape index (κ2) is 4.67. The predicted octanol–water partition coefficient (Wildman–Crippen LogP) is -1.36. The minimum atomic E-state index is -1.30. The molecule has 20 heavy (non-hydrogen) atoms. The van der Waals surface area contributed by atoms with Crippen molar-refractivity contribution in [1.29, 1.82) is 0 Å². The highest BCUT2D eigenvalue weighted by Crippen LogP contribution is 2.28. The van der Waals surface area contributed by atoms with Gasteiger partial charge in [0.1, 0.15) is 24.0 Å². The number of H-pyrrole nitrogens is 1. The normalized spacial score (nSPS) is 30.2. The minimum absolute atomic E-state index is 0.442. The van der Waals surface area contributed by atoms with Gasteiger partial charge in [-0.1, -0.05) is 0 Å². The maximum atomic E-state index is 12.0. The molecule has 4 atom stereocenters. The molecule has 4 N–H and O–H groups in total. The Labute approximate surface area is 113 Å². The van der Waals surface area contributed by atoms with E-state index in [9.17, 15) is 15.0 Å². The summed E-state index contributed by atoms with van der Waals surface area (Å²) in [4.78, 5) is 18.8. The van der Waals surface area contributed by atoms with E-state index in [1.54, 1.807) is 6.07 Å². The van der Waals surface area contributed by atoms with Gasteiger partial charge in [0.05, 0.1) is 6.61 Å². The summed E-state index contributed by atoms with van der Waals surface area (Å²) in [6.45, 7) is 1.39. The first-order valence-corrected chi connectivity index (χ1v) is 6.22. The van der Waals surface area contributed by atoms with Crippen molar-refractivity contribution in [3.05, 3.63) is 28.4 Å². The lowest BCUT2D eigenvalue weighted by Crippen LogP contribution is -2.35. The lowest BCUT2D eigenvalue weighted by molar-refractivity contribution is -0.0547. The molecule has 3 rings (SSSR count). The molecule has 3 heterocycles. The van der Waals surface area contributed by atoms with Gasteiger partial charge in [0.2, 0.25) is 0 Å². The summed E-state index contributed by atoms with van der Waals surface area (Å²) in [6.07, 6.45) is -3.04. The molecule has 0 amide bonds. The van der Waals surface area contributed by atoms with Gasteiger partial charge < -0.3 is 25.0 Å². The summed E-state index contributed by atoms with van der Waals surface area (Å²) in [5.74, 6) is 0. The van der Waals surface area contributed by atoms with Crippen molar-refractivity contribution in [2.24, 2.45) is 0 Å². The van der Waals surface area contributed by atoms with Crippen molar-refractivity contribution in [3.63, 3.8) is 0 Å². The Kier molecular flexibility index (Phi) is 3.09. The summed E-state index contributed by atoms with van der Waals surface area (Å²) in [7, 11) is 0. The van der Waals surface area contributed by atoms with E-state index >= 15 is 0 Å². The standard InChI is InChI=1S/C12H15N3O5/c1-5-2-6-3-15(12(19)14-10(6)13-5)11-9(18)8(17)7(4-16)20-11/h2-3,7-9,11,16-18H,4H2,1H3,(H,13,14,19)/t7-,8?,9+,11-/m1/s1. The lowest BCUT2D eigenvalue weighted by atomic mass is 10.1. The molecule has 2 aromatic rings. The van der Waals surface area contributed by atoms with E-state index < -0.39 is 36.8 Å². The number of aromatic amines is 1. The molecule has 8 nitrogen and oxygen atoms in total. The van der Waals surface area contributed by atoms with Crippen LogP contribution in [0.25, 0.3) is 11.0 Å². The summed E-state index contributed by atoms with van der Waals surface area (Å²) < 4.78 is 6.44. The molecule has 0 radical (unpaired) electrons. The minimum Gasteiger partial charge on any atom is -0.394 e. The highest BCUT2D eigenvalue weighted by atomic mass is 16.6. The number of nitrogens with one attached hydrogen (secondary N) is 1. The van der Waals surface area contributed by atoms with Gasteiger partial charge in [-0.2, -0.15) is 4.98 Å². The predicted molar refractivity (Wildman–Crippen MR) is 68.1 cm³/mol. The summed E-state index contributed by atoms with van der Waals surface area (Å²) in [5.41, 5.74) is 0.704. The van der Waals surface area contributed by atoms with E-state index in [0.717, 1.165) is 10.3 Å². The number of aromatic nitrogens is 3. The number of hydrogen-bond acceptors (Lipinski definition) is 6. The van der Waals surface area contributed by atoms with Crippen LogP contribution in [0.5, 0.6) is 0 Å². The summed E-state index contributed by atoms with van der Waals surface area (Å²) in [6, 6.07) is 1.81. The molecule has 0 saturated carbocycles. The highest BCUT2D eigenvalue weighted by Gasteiger charge is 2.43. The van der Waals surface area contributed by atoms with Crippen LogP contribution in [0.2, 0.25) is 0 Å². The van der Waals surface area contributed by atoms with Crippen LogP contribution in [0.1, 0.15) is 11.9 Å². The molecule has 1 aliphatic heterocycles. The van der Waals surface area contributed by atoms with Gasteiger partial charge in [-0.3, -0.25) is 4.57 Å². The fourth-order valence-electron chi connectivity index (χ4n) is 2.44. The topological polar surface area (TPSA) is 121 Å². The first kappa shape index (κ1) is 13.3. The number of aliphatic hydroxyl groups excluding tert-OH is 3. The van der Waals surface area contributed by atoms with Crippen LogP contribution in [0.4, 0.5) is 0 Å². The van der Waals surface area contributed by atoms with Crippen LogP contribution >= 0.6 is 0 Å². The summed E-state index contributed by atoms with van der Waals surface area (Å²) in [5, 5.41) is 29.4. The zero-order valence-electron chi connectivity index (χ0n) is 10.7. The van der Waals surface area contributed by atoms with Crippen LogP contribution < -0.4 is 5.69 Å². The molecule has 1 unspecified atom stereocenters. The van der Waals surface area contributed by atoms with Gasteiger partial charge in [-0.25, -0.2) is 4.79 Å².